The van der Waals surface area contributed by atoms with Crippen molar-refractivity contribution in [3.63, 3.8) is 0 Å². The molecule has 0 amide bonds. The molecule has 4 aromatic rings. The predicted octanol–water partition coefficient (Wildman–Crippen LogP) is 7.04. The van der Waals surface area contributed by atoms with E-state index in [1.54, 1.807) is 0 Å². The zero-order chi connectivity index (χ0) is 28.3. The molecule has 5 nitrogen and oxygen atoms in total. The summed E-state index contributed by atoms with van der Waals surface area (Å²) in [5.41, 5.74) is 6.55. The third-order valence-electron chi connectivity index (χ3n) is 7.32. The number of ether oxygens (including phenoxy) is 2. The van der Waals surface area contributed by atoms with Gasteiger partial charge in [0.2, 0.25) is 0 Å². The molecule has 3 aromatic carbocycles. The predicted molar refractivity (Wildman–Crippen MR) is 169 cm³/mol. The SMILES string of the molecule is CCOc1ccc(/C=C2\CCCC3=C2N=c2s/c(=C/c4cccc(Br)c4)c(=O)n2[C@@H]3c2ccc(OCC)cc2)cc1. The lowest BCUT2D eigenvalue weighted by molar-refractivity contribution is 0.340. The lowest BCUT2D eigenvalue weighted by Crippen LogP contribution is -2.39. The summed E-state index contributed by atoms with van der Waals surface area (Å²) in [7, 11) is 0. The Balaban J connectivity index is 1.51. The molecule has 0 saturated heterocycles. The molecule has 0 spiro atoms. The van der Waals surface area contributed by atoms with Crippen LogP contribution in [-0.4, -0.2) is 17.8 Å². The van der Waals surface area contributed by atoms with E-state index in [4.69, 9.17) is 14.5 Å². The van der Waals surface area contributed by atoms with Gasteiger partial charge >= 0.3 is 0 Å². The summed E-state index contributed by atoms with van der Waals surface area (Å²) in [6, 6.07) is 24.1. The number of nitrogens with zero attached hydrogens (tertiary/aromatic N) is 2. The lowest BCUT2D eigenvalue weighted by atomic mass is 9.84. The molecule has 0 radical (unpaired) electrons. The number of fused-ring (bicyclic) bond motifs is 1. The minimum absolute atomic E-state index is 0.0122. The van der Waals surface area contributed by atoms with Gasteiger partial charge in [-0.2, -0.15) is 0 Å². The van der Waals surface area contributed by atoms with Gasteiger partial charge < -0.3 is 9.47 Å². The Hall–Kier alpha value is -3.68. The minimum Gasteiger partial charge on any atom is -0.494 e. The van der Waals surface area contributed by atoms with Crippen LogP contribution in [0.4, 0.5) is 0 Å². The van der Waals surface area contributed by atoms with E-state index in [1.807, 2.05) is 73.0 Å². The molecule has 7 heteroatoms. The Morgan fingerprint density at radius 2 is 1.63 bits per heavy atom. The van der Waals surface area contributed by atoms with Crippen molar-refractivity contribution in [2.24, 2.45) is 4.99 Å². The van der Waals surface area contributed by atoms with E-state index in [0.717, 1.165) is 62.4 Å². The topological polar surface area (TPSA) is 52.8 Å². The molecule has 6 rings (SSSR count). The second-order valence-electron chi connectivity index (χ2n) is 10.0. The van der Waals surface area contributed by atoms with Crippen LogP contribution in [0, 0.1) is 0 Å². The molecule has 1 atom stereocenters. The standard InChI is InChI=1S/C34H31BrN2O3S/c1-3-39-27-15-11-22(12-16-27)19-25-8-6-10-29-31(25)36-34-37(32(29)24-13-17-28(18-14-24)40-4-2)33(38)30(41-34)21-23-7-5-9-26(35)20-23/h5,7,9,11-21,32H,3-4,6,8,10H2,1-2H3/b25-19+,30-21+/t32-/m1/s1. The second-order valence-corrected chi connectivity index (χ2v) is 12.0. The van der Waals surface area contributed by atoms with Crippen LogP contribution in [0.1, 0.15) is 55.8 Å². The Morgan fingerprint density at radius 1 is 0.927 bits per heavy atom. The zero-order valence-corrected chi connectivity index (χ0v) is 25.5. The zero-order valence-electron chi connectivity index (χ0n) is 23.1. The molecule has 1 aliphatic heterocycles. The molecule has 41 heavy (non-hydrogen) atoms. The van der Waals surface area contributed by atoms with Gasteiger partial charge in [0.05, 0.1) is 29.5 Å². The molecule has 0 unspecified atom stereocenters. The highest BCUT2D eigenvalue weighted by Crippen LogP contribution is 2.41. The normalized spacial score (nSPS) is 17.7. The van der Waals surface area contributed by atoms with Gasteiger partial charge in [-0.25, -0.2) is 4.99 Å². The van der Waals surface area contributed by atoms with Crippen LogP contribution in [0.25, 0.3) is 12.2 Å². The molecular weight excluding hydrogens is 596 g/mol. The monoisotopic (exact) mass is 626 g/mol. The van der Waals surface area contributed by atoms with E-state index < -0.39 is 0 Å². The van der Waals surface area contributed by atoms with Gasteiger partial charge in [-0.15, -0.1) is 0 Å². The van der Waals surface area contributed by atoms with E-state index in [2.05, 4.69) is 46.3 Å². The molecule has 0 fully saturated rings. The van der Waals surface area contributed by atoms with Crippen molar-refractivity contribution in [2.75, 3.05) is 13.2 Å². The van der Waals surface area contributed by atoms with Crippen LogP contribution >= 0.6 is 27.3 Å². The number of aromatic nitrogens is 1. The van der Waals surface area contributed by atoms with Gasteiger partial charge in [-0.05, 0) is 109 Å². The maximum Gasteiger partial charge on any atom is 0.271 e. The summed E-state index contributed by atoms with van der Waals surface area (Å²) < 4.78 is 14.9. The number of hydrogen-bond acceptors (Lipinski definition) is 5. The summed E-state index contributed by atoms with van der Waals surface area (Å²) in [5, 5.41) is 0. The van der Waals surface area contributed by atoms with Crippen LogP contribution in [0.2, 0.25) is 0 Å². The molecular formula is C34H31BrN2O3S. The fourth-order valence-corrected chi connectivity index (χ4v) is 6.96. The Morgan fingerprint density at radius 3 is 2.32 bits per heavy atom. The van der Waals surface area contributed by atoms with E-state index in [-0.39, 0.29) is 11.6 Å². The van der Waals surface area contributed by atoms with Gasteiger partial charge in [0.15, 0.2) is 4.80 Å². The highest BCUT2D eigenvalue weighted by atomic mass is 79.9. The minimum atomic E-state index is -0.217. The first kappa shape index (κ1) is 27.5. The summed E-state index contributed by atoms with van der Waals surface area (Å²) >= 11 is 5.00. The average molecular weight is 628 g/mol. The van der Waals surface area contributed by atoms with Gasteiger partial charge in [0, 0.05) is 4.47 Å². The number of thiazole rings is 1. The summed E-state index contributed by atoms with van der Waals surface area (Å²) in [4.78, 5) is 19.9. The van der Waals surface area contributed by atoms with Crippen molar-refractivity contribution in [2.45, 2.75) is 39.2 Å². The van der Waals surface area contributed by atoms with Crippen LogP contribution in [0.5, 0.6) is 11.5 Å². The molecule has 2 aliphatic rings. The second kappa shape index (κ2) is 12.0. The van der Waals surface area contributed by atoms with Crippen molar-refractivity contribution in [3.05, 3.63) is 130 Å². The number of rotatable bonds is 7. The largest absolute Gasteiger partial charge is 0.494 e. The van der Waals surface area contributed by atoms with Crippen LogP contribution in [0.3, 0.4) is 0 Å². The fourth-order valence-electron chi connectivity index (χ4n) is 5.55. The highest BCUT2D eigenvalue weighted by molar-refractivity contribution is 9.10. The van der Waals surface area contributed by atoms with E-state index in [9.17, 15) is 4.79 Å². The van der Waals surface area contributed by atoms with Crippen molar-refractivity contribution in [3.8, 4) is 11.5 Å². The lowest BCUT2D eigenvalue weighted by Gasteiger charge is -2.31. The Bertz CT molecular complexity index is 1820. The maximum atomic E-state index is 14.0. The number of benzene rings is 3. The van der Waals surface area contributed by atoms with E-state index >= 15 is 0 Å². The van der Waals surface area contributed by atoms with Gasteiger partial charge in [0.1, 0.15) is 11.5 Å². The molecule has 0 N–H and O–H groups in total. The highest BCUT2D eigenvalue weighted by Gasteiger charge is 2.32. The molecule has 0 saturated carbocycles. The third kappa shape index (κ3) is 5.74. The summed E-state index contributed by atoms with van der Waals surface area (Å²) in [5.74, 6) is 1.69. The number of hydrogen-bond donors (Lipinski definition) is 0. The van der Waals surface area contributed by atoms with Crippen molar-refractivity contribution in [1.82, 2.24) is 4.57 Å². The third-order valence-corrected chi connectivity index (χ3v) is 8.79. The first-order valence-corrected chi connectivity index (χ1v) is 15.6. The fraction of sp³-hybridized carbons (Fsp3) is 0.235. The maximum absolute atomic E-state index is 14.0. The summed E-state index contributed by atoms with van der Waals surface area (Å²) in [6.45, 7) is 5.23. The van der Waals surface area contributed by atoms with Gasteiger partial charge in [-0.1, -0.05) is 63.7 Å². The Labute approximate surface area is 251 Å². The van der Waals surface area contributed by atoms with Crippen LogP contribution in [-0.2, 0) is 0 Å². The molecule has 208 valence electrons. The van der Waals surface area contributed by atoms with Crippen LogP contribution in [0.15, 0.2) is 104 Å². The quantitative estimate of drug-likeness (QED) is 0.221. The van der Waals surface area contributed by atoms with E-state index in [1.165, 1.54) is 22.5 Å². The smallest absolute Gasteiger partial charge is 0.271 e. The molecule has 0 bridgehead atoms. The molecule has 1 aromatic heterocycles. The van der Waals surface area contributed by atoms with Gasteiger partial charge in [-0.3, -0.25) is 9.36 Å². The molecule has 1 aliphatic carbocycles. The van der Waals surface area contributed by atoms with Crippen molar-refractivity contribution in [1.29, 1.82) is 0 Å². The average Bonchev–Trinajstić information content (AvgIpc) is 3.28. The van der Waals surface area contributed by atoms with E-state index in [0.29, 0.717) is 17.7 Å². The number of allylic oxidation sites excluding steroid dienone is 2. The number of halogens is 1. The first-order valence-electron chi connectivity index (χ1n) is 14.0. The summed E-state index contributed by atoms with van der Waals surface area (Å²) in [6.07, 6.45) is 7.04. The van der Waals surface area contributed by atoms with Crippen molar-refractivity contribution < 1.29 is 9.47 Å². The molecule has 2 heterocycles. The van der Waals surface area contributed by atoms with Crippen LogP contribution < -0.4 is 24.4 Å². The Kier molecular flexibility index (Phi) is 8.08. The van der Waals surface area contributed by atoms with Gasteiger partial charge in [0.25, 0.3) is 5.56 Å². The van der Waals surface area contributed by atoms with Crippen molar-refractivity contribution >= 4 is 39.4 Å². The first-order chi connectivity index (χ1) is 20.0.